The van der Waals surface area contributed by atoms with Gasteiger partial charge in [0.05, 0.1) is 0 Å². The van der Waals surface area contributed by atoms with Crippen LogP contribution in [0.1, 0.15) is 54.4 Å². The molecule has 1 fully saturated rings. The number of hydrogen-bond acceptors (Lipinski definition) is 5. The van der Waals surface area contributed by atoms with E-state index in [1.165, 1.54) is 0 Å². The first-order valence-corrected chi connectivity index (χ1v) is 7.57. The van der Waals surface area contributed by atoms with Crippen molar-refractivity contribution in [3.63, 3.8) is 0 Å². The maximum atomic E-state index is 12.4. The van der Waals surface area contributed by atoms with Gasteiger partial charge in [-0.05, 0) is 54.4 Å². The molecule has 0 saturated carbocycles. The molecule has 0 aromatic heterocycles. The lowest BCUT2D eigenvalue weighted by Crippen LogP contribution is -2.61. The Balaban J connectivity index is 3.07. The van der Waals surface area contributed by atoms with Crippen molar-refractivity contribution in [3.8, 4) is 0 Å². The number of aliphatic carboxylic acids is 1. The summed E-state index contributed by atoms with van der Waals surface area (Å²) in [6, 6.07) is -1.16. The normalized spacial score (nSPS) is 19.3. The molecule has 1 aliphatic rings. The monoisotopic (exact) mass is 332 g/mol. The molecule has 8 heteroatoms. The lowest BCUT2D eigenvalue weighted by molar-refractivity contribution is -0.155. The van der Waals surface area contributed by atoms with Crippen LogP contribution in [0.15, 0.2) is 0 Å². The number of carboxylic acids is 1. The van der Waals surface area contributed by atoms with Crippen LogP contribution in [-0.4, -0.2) is 57.1 Å². The molecule has 0 unspecified atom stereocenters. The second-order valence-electron chi connectivity index (χ2n) is 7.42. The summed E-state index contributed by atoms with van der Waals surface area (Å²) in [6.07, 6.45) is -0.951. The van der Waals surface area contributed by atoms with Gasteiger partial charge in [0.2, 0.25) is 0 Å². The minimum atomic E-state index is -1.19. The SMILES string of the molecule is CC(C)(C)OC(=O)[15N]1CCC[C@@H](C(=O)O)[15N]1C(=O)OC(C)(C)C. The predicted molar refractivity (Wildman–Crippen MR) is 81.7 cm³/mol. The highest BCUT2D eigenvalue weighted by atomic mass is 16.7. The molecule has 0 bridgehead atoms. The molecule has 1 atom stereocenters. The van der Waals surface area contributed by atoms with E-state index >= 15 is 0 Å². The third kappa shape index (κ3) is 5.61. The molecule has 8 nitrogen and oxygen atoms in total. The van der Waals surface area contributed by atoms with Gasteiger partial charge in [-0.2, -0.15) is 5.01 Å². The standard InChI is InChI=1S/C15H26N2O6/c1-14(2,3)22-12(20)16-9-7-8-10(11(18)19)17(16)13(21)23-15(4,5)6/h10H,7-9H2,1-6H3,(H,18,19)/t10-/m0/s1/i16+1,17+1. The van der Waals surface area contributed by atoms with E-state index in [1.807, 2.05) is 0 Å². The summed E-state index contributed by atoms with van der Waals surface area (Å²) in [5.41, 5.74) is -1.57. The Labute approximate surface area is 136 Å². The van der Waals surface area contributed by atoms with Crippen LogP contribution >= 0.6 is 0 Å². The van der Waals surface area contributed by atoms with Crippen molar-refractivity contribution >= 4 is 18.2 Å². The van der Waals surface area contributed by atoms with Crippen LogP contribution < -0.4 is 0 Å². The highest BCUT2D eigenvalue weighted by Gasteiger charge is 2.43. The summed E-state index contributed by atoms with van der Waals surface area (Å²) in [5.74, 6) is -1.19. The van der Waals surface area contributed by atoms with Crippen molar-refractivity contribution in [1.29, 1.82) is 0 Å². The van der Waals surface area contributed by atoms with Crippen molar-refractivity contribution < 1.29 is 29.0 Å². The van der Waals surface area contributed by atoms with E-state index in [9.17, 15) is 19.5 Å². The minimum Gasteiger partial charge on any atom is -0.480 e. The quantitative estimate of drug-likeness (QED) is 0.742. The number of ether oxygens (including phenoxy) is 2. The summed E-state index contributed by atoms with van der Waals surface area (Å²) >= 11 is 0. The molecule has 0 radical (unpaired) electrons. The number of carboxylic acid groups (broad SMARTS) is 1. The molecule has 0 spiro atoms. The number of hydrazine groups is 1. The van der Waals surface area contributed by atoms with Crippen molar-refractivity contribution in [2.75, 3.05) is 6.54 Å². The van der Waals surface area contributed by atoms with Crippen LogP contribution in [0.4, 0.5) is 9.59 Å². The molecule has 0 aliphatic carbocycles. The van der Waals surface area contributed by atoms with E-state index in [1.54, 1.807) is 41.5 Å². The summed E-state index contributed by atoms with van der Waals surface area (Å²) in [4.78, 5) is 36.2. The van der Waals surface area contributed by atoms with E-state index in [-0.39, 0.29) is 13.0 Å². The van der Waals surface area contributed by atoms with Gasteiger partial charge in [0.25, 0.3) is 0 Å². The van der Waals surface area contributed by atoms with Gasteiger partial charge < -0.3 is 14.6 Å². The Kier molecular flexibility index (Phi) is 5.50. The van der Waals surface area contributed by atoms with Crippen LogP contribution in [0.2, 0.25) is 0 Å². The van der Waals surface area contributed by atoms with Crippen molar-refractivity contribution in [3.05, 3.63) is 0 Å². The van der Waals surface area contributed by atoms with Crippen LogP contribution in [0, 0.1) is 0 Å². The molecule has 1 aliphatic heterocycles. The van der Waals surface area contributed by atoms with Crippen LogP contribution in [0.5, 0.6) is 0 Å². The van der Waals surface area contributed by atoms with E-state index in [2.05, 4.69) is 0 Å². The lowest BCUT2D eigenvalue weighted by atomic mass is 10.1. The fourth-order valence-electron chi connectivity index (χ4n) is 2.09. The van der Waals surface area contributed by atoms with Gasteiger partial charge in [0.1, 0.15) is 11.2 Å². The van der Waals surface area contributed by atoms with Gasteiger partial charge >= 0.3 is 18.2 Å². The maximum Gasteiger partial charge on any atom is 0.430 e. The molecule has 1 saturated heterocycles. The summed E-state index contributed by atoms with van der Waals surface area (Å²) in [6.45, 7) is 10.3. The largest absolute Gasteiger partial charge is 0.480 e. The first-order valence-electron chi connectivity index (χ1n) is 7.57. The Bertz CT molecular complexity index is 477. The first-order chi connectivity index (χ1) is 10.3. The predicted octanol–water partition coefficient (Wildman–Crippen LogP) is 2.62. The maximum absolute atomic E-state index is 12.4. The van der Waals surface area contributed by atoms with Gasteiger partial charge in [-0.3, -0.25) is 0 Å². The first kappa shape index (κ1) is 19.1. The Morgan fingerprint density at radius 1 is 0.957 bits per heavy atom. The summed E-state index contributed by atoms with van der Waals surface area (Å²) in [5, 5.41) is 11.2. The number of rotatable bonds is 1. The molecular weight excluding hydrogens is 306 g/mol. The van der Waals surface area contributed by atoms with Crippen molar-refractivity contribution in [1.82, 2.24) is 10.0 Å². The zero-order valence-corrected chi connectivity index (χ0v) is 14.6. The Morgan fingerprint density at radius 2 is 1.43 bits per heavy atom. The van der Waals surface area contributed by atoms with Gasteiger partial charge in [-0.15, -0.1) is 0 Å². The number of hydrogen-bond donors (Lipinski definition) is 1. The molecule has 1 N–H and O–H groups in total. The summed E-state index contributed by atoms with van der Waals surface area (Å²) in [7, 11) is 0. The average molecular weight is 332 g/mol. The lowest BCUT2D eigenvalue weighted by Gasteiger charge is -2.42. The van der Waals surface area contributed by atoms with E-state index in [0.717, 1.165) is 10.0 Å². The molecule has 23 heavy (non-hydrogen) atoms. The molecule has 2 amide bonds. The molecule has 0 aromatic carbocycles. The highest BCUT2D eigenvalue weighted by Crippen LogP contribution is 2.24. The zero-order chi connectivity index (χ0) is 18.0. The van der Waals surface area contributed by atoms with Crippen molar-refractivity contribution in [2.45, 2.75) is 71.6 Å². The molecule has 0 aromatic rings. The zero-order valence-electron chi connectivity index (χ0n) is 14.6. The molecule has 132 valence electrons. The third-order valence-electron chi connectivity index (χ3n) is 2.87. The molecule has 1 rings (SSSR count). The number of carbonyl (C=O) groups is 3. The van der Waals surface area contributed by atoms with Gasteiger partial charge in [0, 0.05) is 6.54 Å². The van der Waals surface area contributed by atoms with Gasteiger partial charge in [-0.25, -0.2) is 19.4 Å². The number of nitrogens with zero attached hydrogens (tertiary/aromatic N) is 2. The second-order valence-corrected chi connectivity index (χ2v) is 7.42. The topological polar surface area (TPSA) is 96.4 Å². The average Bonchev–Trinajstić information content (AvgIpc) is 2.33. The van der Waals surface area contributed by atoms with Crippen LogP contribution in [0.25, 0.3) is 0 Å². The Morgan fingerprint density at radius 3 is 1.87 bits per heavy atom. The fraction of sp³-hybridized carbons (Fsp3) is 0.800. The summed E-state index contributed by atoms with van der Waals surface area (Å²) < 4.78 is 10.5. The molecular formula is C15H26N2O6. The second kappa shape index (κ2) is 6.64. The number of carbonyl (C=O) groups excluding carboxylic acids is 2. The molecule has 1 heterocycles. The van der Waals surface area contributed by atoms with Gasteiger partial charge in [-0.1, -0.05) is 0 Å². The van der Waals surface area contributed by atoms with Gasteiger partial charge in [0.15, 0.2) is 6.04 Å². The highest BCUT2D eigenvalue weighted by molar-refractivity contribution is 5.82. The van der Waals surface area contributed by atoms with E-state index < -0.39 is 35.4 Å². The smallest absolute Gasteiger partial charge is 0.430 e. The van der Waals surface area contributed by atoms with Crippen molar-refractivity contribution in [2.24, 2.45) is 0 Å². The number of amides is 2. The fourth-order valence-corrected chi connectivity index (χ4v) is 2.09. The van der Waals surface area contributed by atoms with Crippen LogP contribution in [-0.2, 0) is 14.3 Å². The Hall–Kier alpha value is -1.99. The van der Waals surface area contributed by atoms with E-state index in [4.69, 9.17) is 9.47 Å². The third-order valence-corrected chi connectivity index (χ3v) is 2.87. The minimum absolute atomic E-state index is 0.192. The van der Waals surface area contributed by atoms with Crippen LogP contribution in [0.3, 0.4) is 0 Å². The van der Waals surface area contributed by atoms with E-state index in [0.29, 0.717) is 6.42 Å².